The van der Waals surface area contributed by atoms with Gasteiger partial charge < -0.3 is 4.74 Å². The molecule has 0 saturated heterocycles. The Balaban J connectivity index is 2.45. The van der Waals surface area contributed by atoms with Crippen LogP contribution in [0.15, 0.2) is 12.1 Å². The molecule has 2 nitrogen and oxygen atoms in total. The molecule has 0 heterocycles. The zero-order chi connectivity index (χ0) is 9.42. The van der Waals surface area contributed by atoms with Crippen LogP contribution in [0.2, 0.25) is 0 Å². The third kappa shape index (κ3) is 1.08. The van der Waals surface area contributed by atoms with E-state index in [4.69, 9.17) is 10.00 Å². The molecule has 1 aliphatic rings. The number of rotatable bonds is 1. The topological polar surface area (TPSA) is 33.0 Å². The average Bonchev–Trinajstić information content (AvgIpc) is 2.12. The van der Waals surface area contributed by atoms with Crippen LogP contribution in [-0.2, 0) is 6.42 Å². The predicted molar refractivity (Wildman–Crippen MR) is 49.8 cm³/mol. The number of benzene rings is 1. The van der Waals surface area contributed by atoms with Gasteiger partial charge in [0.05, 0.1) is 19.1 Å². The lowest BCUT2D eigenvalue weighted by Gasteiger charge is -2.25. The average molecular weight is 173 g/mol. The Morgan fingerprint density at radius 2 is 2.31 bits per heavy atom. The van der Waals surface area contributed by atoms with Crippen molar-refractivity contribution in [2.24, 2.45) is 0 Å². The molecule has 1 unspecified atom stereocenters. The number of hydrogen-bond acceptors (Lipinski definition) is 2. The number of fused-ring (bicyclic) bond motifs is 1. The number of nitriles is 1. The van der Waals surface area contributed by atoms with Crippen molar-refractivity contribution in [3.8, 4) is 11.8 Å². The van der Waals surface area contributed by atoms with Crippen molar-refractivity contribution in [2.75, 3.05) is 7.11 Å². The third-order valence-corrected chi connectivity index (χ3v) is 2.61. The van der Waals surface area contributed by atoms with Crippen molar-refractivity contribution >= 4 is 0 Å². The van der Waals surface area contributed by atoms with Gasteiger partial charge in [0.1, 0.15) is 5.75 Å². The Kier molecular flexibility index (Phi) is 1.73. The fraction of sp³-hybridized carbons (Fsp3) is 0.364. The highest BCUT2D eigenvalue weighted by atomic mass is 16.5. The van der Waals surface area contributed by atoms with Gasteiger partial charge in [-0.1, -0.05) is 6.07 Å². The summed E-state index contributed by atoms with van der Waals surface area (Å²) in [6.45, 7) is 2.01. The van der Waals surface area contributed by atoms with Gasteiger partial charge in [0.15, 0.2) is 0 Å². The summed E-state index contributed by atoms with van der Waals surface area (Å²) in [5.41, 5.74) is 3.55. The van der Waals surface area contributed by atoms with Crippen molar-refractivity contribution in [1.82, 2.24) is 0 Å². The Morgan fingerprint density at radius 1 is 1.54 bits per heavy atom. The van der Waals surface area contributed by atoms with Crippen molar-refractivity contribution in [3.05, 3.63) is 28.8 Å². The van der Waals surface area contributed by atoms with Crippen LogP contribution in [0.3, 0.4) is 0 Å². The van der Waals surface area contributed by atoms with E-state index in [0.29, 0.717) is 0 Å². The van der Waals surface area contributed by atoms with E-state index < -0.39 is 0 Å². The molecule has 13 heavy (non-hydrogen) atoms. The Morgan fingerprint density at radius 3 is 2.92 bits per heavy atom. The molecule has 1 aliphatic carbocycles. The molecule has 0 saturated carbocycles. The van der Waals surface area contributed by atoms with Crippen LogP contribution >= 0.6 is 0 Å². The van der Waals surface area contributed by atoms with E-state index in [-0.39, 0.29) is 5.92 Å². The number of ether oxygens (including phenoxy) is 1. The standard InChI is InChI=1S/C11H11NO/c1-7-3-10-8(4-9(10)6-12)5-11(7)13-2/h3,5,9H,4H2,1-2H3. The van der Waals surface area contributed by atoms with Gasteiger partial charge in [-0.25, -0.2) is 0 Å². The lowest BCUT2D eigenvalue weighted by Crippen LogP contribution is -2.15. The first-order chi connectivity index (χ1) is 6.26. The van der Waals surface area contributed by atoms with Gasteiger partial charge >= 0.3 is 0 Å². The van der Waals surface area contributed by atoms with E-state index >= 15 is 0 Å². The minimum Gasteiger partial charge on any atom is -0.496 e. The normalized spacial score (nSPS) is 18.4. The molecule has 0 aromatic heterocycles. The molecule has 66 valence electrons. The van der Waals surface area contributed by atoms with Gasteiger partial charge in [-0.15, -0.1) is 0 Å². The second-order valence-electron chi connectivity index (χ2n) is 3.41. The molecule has 1 aromatic rings. The second kappa shape index (κ2) is 2.77. The smallest absolute Gasteiger partial charge is 0.122 e. The molecule has 1 atom stereocenters. The SMILES string of the molecule is COc1cc2c(cc1C)C(C#N)C2. The monoisotopic (exact) mass is 173 g/mol. The number of aryl methyl sites for hydroxylation is 1. The fourth-order valence-corrected chi connectivity index (χ4v) is 1.79. The number of nitrogens with zero attached hydrogens (tertiary/aromatic N) is 1. The summed E-state index contributed by atoms with van der Waals surface area (Å²) in [7, 11) is 1.68. The second-order valence-corrected chi connectivity index (χ2v) is 3.41. The van der Waals surface area contributed by atoms with Crippen molar-refractivity contribution < 1.29 is 4.74 Å². The molecule has 0 bridgehead atoms. The molecule has 0 aliphatic heterocycles. The molecule has 0 fully saturated rings. The highest BCUT2D eigenvalue weighted by molar-refractivity contribution is 5.51. The van der Waals surface area contributed by atoms with Crippen LogP contribution < -0.4 is 4.74 Å². The predicted octanol–water partition coefficient (Wildman–Crippen LogP) is 2.17. The first-order valence-electron chi connectivity index (χ1n) is 4.33. The van der Waals surface area contributed by atoms with E-state index in [1.165, 1.54) is 11.1 Å². The van der Waals surface area contributed by atoms with Gasteiger partial charge in [0.2, 0.25) is 0 Å². The Labute approximate surface area is 77.8 Å². The van der Waals surface area contributed by atoms with Gasteiger partial charge in [0, 0.05) is 0 Å². The molecule has 1 aromatic carbocycles. The summed E-state index contributed by atoms with van der Waals surface area (Å²) in [6.07, 6.45) is 0.877. The molecular weight excluding hydrogens is 162 g/mol. The Hall–Kier alpha value is -1.49. The minimum atomic E-state index is 0.111. The summed E-state index contributed by atoms with van der Waals surface area (Å²) in [4.78, 5) is 0. The molecule has 0 N–H and O–H groups in total. The third-order valence-electron chi connectivity index (χ3n) is 2.61. The van der Waals surface area contributed by atoms with Crippen LogP contribution in [0.5, 0.6) is 5.75 Å². The molecular formula is C11H11NO. The van der Waals surface area contributed by atoms with Gasteiger partial charge in [-0.2, -0.15) is 5.26 Å². The van der Waals surface area contributed by atoms with Crippen molar-refractivity contribution in [2.45, 2.75) is 19.3 Å². The fourth-order valence-electron chi connectivity index (χ4n) is 1.79. The lowest BCUT2D eigenvalue weighted by atomic mass is 9.77. The molecule has 0 amide bonds. The summed E-state index contributed by atoms with van der Waals surface area (Å²) < 4.78 is 5.20. The maximum absolute atomic E-state index is 8.77. The van der Waals surface area contributed by atoms with Crippen LogP contribution in [0, 0.1) is 18.3 Å². The summed E-state index contributed by atoms with van der Waals surface area (Å²) in [5.74, 6) is 1.04. The number of methoxy groups -OCH3 is 1. The summed E-state index contributed by atoms with van der Waals surface area (Å²) >= 11 is 0. The van der Waals surface area contributed by atoms with Crippen LogP contribution in [0.1, 0.15) is 22.6 Å². The van der Waals surface area contributed by atoms with E-state index in [1.807, 2.05) is 13.0 Å². The summed E-state index contributed by atoms with van der Waals surface area (Å²) in [5, 5.41) is 8.77. The molecule has 2 heteroatoms. The lowest BCUT2D eigenvalue weighted by molar-refractivity contribution is 0.410. The molecule has 0 spiro atoms. The Bertz CT molecular complexity index is 390. The summed E-state index contributed by atoms with van der Waals surface area (Å²) in [6, 6.07) is 6.38. The largest absolute Gasteiger partial charge is 0.496 e. The van der Waals surface area contributed by atoms with E-state index in [9.17, 15) is 0 Å². The van der Waals surface area contributed by atoms with E-state index in [0.717, 1.165) is 17.7 Å². The molecule has 0 radical (unpaired) electrons. The maximum Gasteiger partial charge on any atom is 0.122 e. The highest BCUT2D eigenvalue weighted by Crippen LogP contribution is 2.38. The van der Waals surface area contributed by atoms with Crippen molar-refractivity contribution in [3.63, 3.8) is 0 Å². The maximum atomic E-state index is 8.77. The number of hydrogen-bond donors (Lipinski definition) is 0. The first-order valence-corrected chi connectivity index (χ1v) is 4.33. The van der Waals surface area contributed by atoms with Crippen LogP contribution in [0.25, 0.3) is 0 Å². The van der Waals surface area contributed by atoms with Crippen molar-refractivity contribution in [1.29, 1.82) is 5.26 Å². The van der Waals surface area contributed by atoms with Crippen LogP contribution in [0.4, 0.5) is 0 Å². The molecule has 2 rings (SSSR count). The van der Waals surface area contributed by atoms with Crippen LogP contribution in [-0.4, -0.2) is 7.11 Å². The van der Waals surface area contributed by atoms with Gasteiger partial charge in [-0.05, 0) is 36.1 Å². The zero-order valence-electron chi connectivity index (χ0n) is 7.79. The quantitative estimate of drug-likeness (QED) is 0.652. The van der Waals surface area contributed by atoms with E-state index in [2.05, 4.69) is 12.1 Å². The minimum absolute atomic E-state index is 0.111. The van der Waals surface area contributed by atoms with Gasteiger partial charge in [-0.3, -0.25) is 0 Å². The highest BCUT2D eigenvalue weighted by Gasteiger charge is 2.26. The van der Waals surface area contributed by atoms with Gasteiger partial charge in [0.25, 0.3) is 0 Å². The first kappa shape index (κ1) is 8.12. The zero-order valence-corrected chi connectivity index (χ0v) is 7.79. The van der Waals surface area contributed by atoms with E-state index in [1.54, 1.807) is 7.11 Å².